The van der Waals surface area contributed by atoms with E-state index in [1.165, 1.54) is 36.8 Å². The maximum absolute atomic E-state index is 12.5. The number of piperidine rings is 1. The average Bonchev–Trinajstić information content (AvgIpc) is 3.30. The Balaban J connectivity index is 1.24. The highest BCUT2D eigenvalue weighted by atomic mass is 32.1. The highest BCUT2D eigenvalue weighted by Crippen LogP contribution is 2.30. The molecule has 2 aromatic rings. The van der Waals surface area contributed by atoms with Crippen LogP contribution in [0, 0.1) is 5.92 Å². The summed E-state index contributed by atoms with van der Waals surface area (Å²) in [6.07, 6.45) is 8.62. The van der Waals surface area contributed by atoms with Crippen molar-refractivity contribution in [3.05, 3.63) is 45.5 Å². The Labute approximate surface area is 153 Å². The standard InChI is InChI=1S/C20H26N2O2S/c23-20(21-12-16-14-25-19-6-2-1-5-18(16)19)15-7-9-22(10-8-15)13-17-4-3-11-24-17/h3-4,11,14-15H,1-2,5-10,12-13H2,(H,21,23). The minimum atomic E-state index is 0.155. The summed E-state index contributed by atoms with van der Waals surface area (Å²) in [5.41, 5.74) is 2.87. The van der Waals surface area contributed by atoms with Crippen molar-refractivity contribution in [3.8, 4) is 0 Å². The maximum atomic E-state index is 12.5. The van der Waals surface area contributed by atoms with E-state index in [-0.39, 0.29) is 11.8 Å². The Bertz CT molecular complexity index is 699. The number of hydrogen-bond acceptors (Lipinski definition) is 4. The van der Waals surface area contributed by atoms with Gasteiger partial charge in [-0.15, -0.1) is 11.3 Å². The van der Waals surface area contributed by atoms with Crippen molar-refractivity contribution >= 4 is 17.2 Å². The van der Waals surface area contributed by atoms with E-state index >= 15 is 0 Å². The van der Waals surface area contributed by atoms with E-state index in [9.17, 15) is 4.79 Å². The molecular formula is C20H26N2O2S. The largest absolute Gasteiger partial charge is 0.468 e. The third-order valence-electron chi connectivity index (χ3n) is 5.52. The Morgan fingerprint density at radius 2 is 2.12 bits per heavy atom. The predicted octanol–water partition coefficient (Wildman–Crippen LogP) is 3.75. The van der Waals surface area contributed by atoms with Crippen LogP contribution in [0.3, 0.4) is 0 Å². The third-order valence-corrected chi connectivity index (χ3v) is 6.66. The van der Waals surface area contributed by atoms with Crippen molar-refractivity contribution in [1.29, 1.82) is 0 Å². The summed E-state index contributed by atoms with van der Waals surface area (Å²) in [6, 6.07) is 3.94. The van der Waals surface area contributed by atoms with Gasteiger partial charge in [0.15, 0.2) is 0 Å². The molecule has 0 unspecified atom stereocenters. The molecule has 0 spiro atoms. The summed E-state index contributed by atoms with van der Waals surface area (Å²) in [7, 11) is 0. The van der Waals surface area contributed by atoms with E-state index in [1.807, 2.05) is 23.5 Å². The smallest absolute Gasteiger partial charge is 0.223 e. The van der Waals surface area contributed by atoms with Crippen molar-refractivity contribution in [3.63, 3.8) is 0 Å². The minimum Gasteiger partial charge on any atom is -0.468 e. The number of carbonyl (C=O) groups excluding carboxylic acids is 1. The van der Waals surface area contributed by atoms with Gasteiger partial charge in [-0.25, -0.2) is 0 Å². The van der Waals surface area contributed by atoms with Gasteiger partial charge in [-0.3, -0.25) is 9.69 Å². The van der Waals surface area contributed by atoms with Crippen LogP contribution in [0.15, 0.2) is 28.2 Å². The number of thiophene rings is 1. The van der Waals surface area contributed by atoms with E-state index < -0.39 is 0 Å². The van der Waals surface area contributed by atoms with Crippen LogP contribution in [-0.4, -0.2) is 23.9 Å². The predicted molar refractivity (Wildman–Crippen MR) is 99.5 cm³/mol. The Morgan fingerprint density at radius 3 is 2.92 bits per heavy atom. The first kappa shape index (κ1) is 16.9. The monoisotopic (exact) mass is 358 g/mol. The molecule has 5 heteroatoms. The van der Waals surface area contributed by atoms with Gasteiger partial charge in [0, 0.05) is 17.3 Å². The Morgan fingerprint density at radius 1 is 1.28 bits per heavy atom. The molecule has 1 saturated heterocycles. The van der Waals surface area contributed by atoms with Crippen LogP contribution in [0.5, 0.6) is 0 Å². The number of furan rings is 1. The second-order valence-electron chi connectivity index (χ2n) is 7.22. The summed E-state index contributed by atoms with van der Waals surface area (Å²) in [5.74, 6) is 1.39. The highest BCUT2D eigenvalue weighted by molar-refractivity contribution is 7.10. The normalized spacial score (nSPS) is 18.9. The second-order valence-corrected chi connectivity index (χ2v) is 8.18. The number of amides is 1. The average molecular weight is 359 g/mol. The molecule has 4 nitrogen and oxygen atoms in total. The molecule has 134 valence electrons. The number of hydrogen-bond donors (Lipinski definition) is 1. The van der Waals surface area contributed by atoms with E-state index in [1.54, 1.807) is 11.1 Å². The molecule has 25 heavy (non-hydrogen) atoms. The zero-order valence-electron chi connectivity index (χ0n) is 14.6. The van der Waals surface area contributed by atoms with E-state index in [2.05, 4.69) is 15.6 Å². The number of rotatable bonds is 5. The van der Waals surface area contributed by atoms with E-state index in [4.69, 9.17) is 4.42 Å². The van der Waals surface area contributed by atoms with Crippen LogP contribution in [0.4, 0.5) is 0 Å². The summed E-state index contributed by atoms with van der Waals surface area (Å²) in [6.45, 7) is 3.49. The zero-order chi connectivity index (χ0) is 17.1. The van der Waals surface area contributed by atoms with Crippen LogP contribution < -0.4 is 5.32 Å². The van der Waals surface area contributed by atoms with Gasteiger partial charge in [0.2, 0.25) is 5.91 Å². The summed E-state index contributed by atoms with van der Waals surface area (Å²) in [4.78, 5) is 16.5. The van der Waals surface area contributed by atoms with Gasteiger partial charge >= 0.3 is 0 Å². The molecule has 1 N–H and O–H groups in total. The molecule has 4 rings (SSSR count). The molecule has 1 aliphatic heterocycles. The molecule has 0 bridgehead atoms. The molecule has 0 atom stereocenters. The van der Waals surface area contributed by atoms with Gasteiger partial charge in [0.25, 0.3) is 0 Å². The van der Waals surface area contributed by atoms with Crippen molar-refractivity contribution < 1.29 is 9.21 Å². The molecule has 1 aliphatic carbocycles. The fourth-order valence-corrected chi connectivity index (χ4v) is 5.16. The van der Waals surface area contributed by atoms with Crippen LogP contribution in [0.25, 0.3) is 0 Å². The SMILES string of the molecule is O=C(NCc1csc2c1CCCC2)C1CCN(Cc2ccco2)CC1. The lowest BCUT2D eigenvalue weighted by molar-refractivity contribution is -0.126. The third kappa shape index (κ3) is 3.98. The minimum absolute atomic E-state index is 0.155. The lowest BCUT2D eigenvalue weighted by atomic mass is 9.94. The van der Waals surface area contributed by atoms with Crippen LogP contribution in [0.2, 0.25) is 0 Å². The molecule has 2 aliphatic rings. The molecule has 2 aromatic heterocycles. The van der Waals surface area contributed by atoms with Gasteiger partial charge in [-0.1, -0.05) is 0 Å². The lowest BCUT2D eigenvalue weighted by Gasteiger charge is -2.30. The summed E-state index contributed by atoms with van der Waals surface area (Å²) >= 11 is 1.87. The Kier molecular flexibility index (Phi) is 5.22. The van der Waals surface area contributed by atoms with Gasteiger partial charge in [0.05, 0.1) is 12.8 Å². The first-order valence-electron chi connectivity index (χ1n) is 9.40. The molecule has 0 saturated carbocycles. The second kappa shape index (κ2) is 7.75. The van der Waals surface area contributed by atoms with E-state index in [0.717, 1.165) is 38.2 Å². The number of carbonyl (C=O) groups is 1. The molecule has 0 radical (unpaired) electrons. The molecule has 0 aromatic carbocycles. The summed E-state index contributed by atoms with van der Waals surface area (Å²) < 4.78 is 5.42. The van der Waals surface area contributed by atoms with Crippen molar-refractivity contribution in [1.82, 2.24) is 10.2 Å². The molecule has 1 amide bonds. The Hall–Kier alpha value is -1.59. The van der Waals surface area contributed by atoms with Gasteiger partial charge in [-0.05, 0) is 80.3 Å². The fourth-order valence-electron chi connectivity index (χ4n) is 4.01. The van der Waals surface area contributed by atoms with Crippen molar-refractivity contribution in [2.24, 2.45) is 5.92 Å². The van der Waals surface area contributed by atoms with E-state index in [0.29, 0.717) is 6.54 Å². The topological polar surface area (TPSA) is 45.5 Å². The number of nitrogens with zero attached hydrogens (tertiary/aromatic N) is 1. The first-order chi connectivity index (χ1) is 12.3. The van der Waals surface area contributed by atoms with Gasteiger partial charge < -0.3 is 9.73 Å². The van der Waals surface area contributed by atoms with Crippen LogP contribution in [0.1, 0.15) is 47.4 Å². The fraction of sp³-hybridized carbons (Fsp3) is 0.550. The highest BCUT2D eigenvalue weighted by Gasteiger charge is 2.25. The number of fused-ring (bicyclic) bond motifs is 1. The zero-order valence-corrected chi connectivity index (χ0v) is 15.4. The van der Waals surface area contributed by atoms with Crippen molar-refractivity contribution in [2.45, 2.75) is 51.6 Å². The number of nitrogens with one attached hydrogen (secondary N) is 1. The first-order valence-corrected chi connectivity index (χ1v) is 10.3. The van der Waals surface area contributed by atoms with Crippen LogP contribution >= 0.6 is 11.3 Å². The van der Waals surface area contributed by atoms with Crippen LogP contribution in [-0.2, 0) is 30.7 Å². The quantitative estimate of drug-likeness (QED) is 0.885. The lowest BCUT2D eigenvalue weighted by Crippen LogP contribution is -2.40. The number of likely N-dealkylation sites (tertiary alicyclic amines) is 1. The maximum Gasteiger partial charge on any atom is 0.223 e. The van der Waals surface area contributed by atoms with Gasteiger partial charge in [0.1, 0.15) is 5.76 Å². The molecule has 1 fully saturated rings. The number of aryl methyl sites for hydroxylation is 1. The van der Waals surface area contributed by atoms with Crippen molar-refractivity contribution in [2.75, 3.05) is 13.1 Å². The molecule has 3 heterocycles. The van der Waals surface area contributed by atoms with Gasteiger partial charge in [-0.2, -0.15) is 0 Å². The summed E-state index contributed by atoms with van der Waals surface area (Å²) in [5, 5.41) is 5.45. The molecular weight excluding hydrogens is 332 g/mol.